The van der Waals surface area contributed by atoms with E-state index in [9.17, 15) is 29.1 Å². The van der Waals surface area contributed by atoms with E-state index in [4.69, 9.17) is 19.3 Å². The fourth-order valence-corrected chi connectivity index (χ4v) is 6.44. The van der Waals surface area contributed by atoms with Gasteiger partial charge in [-0.2, -0.15) is 0 Å². The summed E-state index contributed by atoms with van der Waals surface area (Å²) in [6, 6.07) is 16.0. The fraction of sp³-hybridized carbons (Fsp3) is 0.477. The molecule has 0 aliphatic carbocycles. The number of hydrogen-bond donors (Lipinski definition) is 2. The van der Waals surface area contributed by atoms with E-state index in [1.165, 1.54) is 43.1 Å². The molecular weight excluding hydrogens is 745 g/mol. The zero-order chi connectivity index (χ0) is 43.3. The molecule has 3 aromatic carbocycles. The zero-order valence-corrected chi connectivity index (χ0v) is 35.4. The molecule has 3 aromatic rings. The molecule has 0 aliphatic rings. The number of aromatic hydroxyl groups is 1. The van der Waals surface area contributed by atoms with Crippen LogP contribution in [0.4, 0.5) is 0 Å². The van der Waals surface area contributed by atoms with Gasteiger partial charge in [-0.05, 0) is 85.9 Å². The van der Waals surface area contributed by atoms with Crippen LogP contribution in [0.15, 0.2) is 72.8 Å². The monoisotopic (exact) mass is 805 g/mol. The summed E-state index contributed by atoms with van der Waals surface area (Å²) in [5.41, 5.74) is 2.20. The summed E-state index contributed by atoms with van der Waals surface area (Å²) < 4.78 is 16.3. The summed E-state index contributed by atoms with van der Waals surface area (Å²) in [5, 5.41) is 20.6. The highest BCUT2D eigenvalue weighted by atomic mass is 16.6. The average molecular weight is 806 g/mol. The molecule has 6 atom stereocenters. The molecular formula is C44H61N4O10+. The predicted octanol–water partition coefficient (Wildman–Crippen LogP) is 3.72. The topological polar surface area (TPSA) is 178 Å². The maximum absolute atomic E-state index is 14.5. The molecule has 3 amide bonds. The molecule has 0 radical (unpaired) electrons. The fourth-order valence-electron chi connectivity index (χ4n) is 6.44. The van der Waals surface area contributed by atoms with Gasteiger partial charge < -0.3 is 39.5 Å². The van der Waals surface area contributed by atoms with Crippen LogP contribution in [-0.4, -0.2) is 127 Å². The van der Waals surface area contributed by atoms with Gasteiger partial charge in [0.1, 0.15) is 35.7 Å². The van der Waals surface area contributed by atoms with Crippen molar-refractivity contribution in [3.05, 3.63) is 89.5 Å². The molecule has 0 spiro atoms. The van der Waals surface area contributed by atoms with Crippen molar-refractivity contribution in [3.8, 4) is 17.2 Å². The maximum atomic E-state index is 14.5. The minimum Gasteiger partial charge on any atom is -0.593 e. The number of ether oxygens (including phenoxy) is 3. The van der Waals surface area contributed by atoms with E-state index >= 15 is 0 Å². The second-order valence-corrected chi connectivity index (χ2v) is 15.2. The van der Waals surface area contributed by atoms with Crippen LogP contribution in [0, 0.1) is 11.8 Å². The lowest BCUT2D eigenvalue weighted by Crippen LogP contribution is -2.59. The molecule has 58 heavy (non-hydrogen) atoms. The lowest BCUT2D eigenvalue weighted by molar-refractivity contribution is -0.164. The Labute approximate surface area is 342 Å². The van der Waals surface area contributed by atoms with E-state index in [-0.39, 0.29) is 18.6 Å². The molecule has 4 N–H and O–H groups in total. The van der Waals surface area contributed by atoms with Gasteiger partial charge >= 0.3 is 11.9 Å². The van der Waals surface area contributed by atoms with E-state index in [0.717, 1.165) is 5.56 Å². The molecule has 0 aromatic heterocycles. The van der Waals surface area contributed by atoms with Gasteiger partial charge in [0.05, 0.1) is 14.2 Å². The summed E-state index contributed by atoms with van der Waals surface area (Å²) in [6.45, 7) is 7.19. The Morgan fingerprint density at radius 2 is 1.17 bits per heavy atom. The Morgan fingerprint density at radius 1 is 0.690 bits per heavy atom. The number of nitrogens with zero attached hydrogens (tertiary/aromatic N) is 3. The first-order chi connectivity index (χ1) is 27.4. The van der Waals surface area contributed by atoms with Crippen molar-refractivity contribution >= 4 is 29.7 Å². The van der Waals surface area contributed by atoms with Gasteiger partial charge in [-0.1, -0.05) is 52.0 Å². The van der Waals surface area contributed by atoms with Gasteiger partial charge in [0.25, 0.3) is 11.7 Å². The van der Waals surface area contributed by atoms with Crippen LogP contribution in [0.1, 0.15) is 50.8 Å². The second kappa shape index (κ2) is 21.8. The minimum atomic E-state index is -1.22. The highest BCUT2D eigenvalue weighted by molar-refractivity contribution is 5.95. The van der Waals surface area contributed by atoms with Gasteiger partial charge in [-0.15, -0.1) is 0 Å². The Bertz CT molecular complexity index is 1820. The Kier molecular flexibility index (Phi) is 17.5. The van der Waals surface area contributed by atoms with Crippen molar-refractivity contribution in [1.82, 2.24) is 20.0 Å². The number of carbonyl (C=O) groups is 5. The number of amides is 3. The van der Waals surface area contributed by atoms with E-state index in [0.29, 0.717) is 35.5 Å². The molecule has 0 saturated heterocycles. The molecule has 14 heteroatoms. The van der Waals surface area contributed by atoms with Crippen LogP contribution in [0.25, 0.3) is 0 Å². The van der Waals surface area contributed by atoms with Gasteiger partial charge in [0.2, 0.25) is 11.8 Å². The maximum Gasteiger partial charge on any atom is 0.328 e. The lowest BCUT2D eigenvalue weighted by Gasteiger charge is -2.36. The molecule has 0 saturated carbocycles. The highest BCUT2D eigenvalue weighted by Crippen LogP contribution is 2.22. The third-order valence-corrected chi connectivity index (χ3v) is 10.5. The average Bonchev–Trinajstić information content (AvgIpc) is 3.21. The largest absolute Gasteiger partial charge is 0.593 e. The number of nitrogens with one attached hydrogen (secondary N) is 1. The van der Waals surface area contributed by atoms with Crippen LogP contribution in [0.2, 0.25) is 0 Å². The van der Waals surface area contributed by atoms with Gasteiger partial charge in [-0.3, -0.25) is 24.1 Å². The van der Waals surface area contributed by atoms with Gasteiger partial charge in [-0.25, -0.2) is 4.79 Å². The minimum absolute atomic E-state index is 0.0130. The number of hydrogen-bond acceptors (Lipinski definition) is 10. The molecule has 0 unspecified atom stereocenters. The summed E-state index contributed by atoms with van der Waals surface area (Å²) >= 11 is 0. The SMILES string of the molecule is CC[C@H](C)[C@@H](OC(=O)[C@@H](Cc1ccc(OC)cc1)N(C)C)C(=O)N[C@H](C(=O)N(C)[C@@H](Cc1ccc(O)cc1)C(=O)N(C)[C@@H](Cc1ccc([OH2+])cc1)C(=O)OC)C(C)C. The molecule has 0 fully saturated rings. The Morgan fingerprint density at radius 3 is 1.66 bits per heavy atom. The van der Waals surface area contributed by atoms with Crippen LogP contribution in [0.5, 0.6) is 17.2 Å². The lowest BCUT2D eigenvalue weighted by atomic mass is 9.96. The van der Waals surface area contributed by atoms with Crippen LogP contribution >= 0.6 is 0 Å². The van der Waals surface area contributed by atoms with Crippen molar-refractivity contribution < 1.29 is 48.4 Å². The smallest absolute Gasteiger partial charge is 0.328 e. The summed E-state index contributed by atoms with van der Waals surface area (Å²) in [4.78, 5) is 74.3. The zero-order valence-electron chi connectivity index (χ0n) is 35.4. The first-order valence-corrected chi connectivity index (χ1v) is 19.4. The highest BCUT2D eigenvalue weighted by Gasteiger charge is 2.40. The van der Waals surface area contributed by atoms with Gasteiger partial charge in [0, 0.05) is 45.0 Å². The number of benzene rings is 3. The van der Waals surface area contributed by atoms with E-state index in [2.05, 4.69) is 5.32 Å². The number of esters is 2. The molecule has 0 bridgehead atoms. The number of likely N-dealkylation sites (N-methyl/N-ethyl adjacent to an activating group) is 3. The summed E-state index contributed by atoms with van der Waals surface area (Å²) in [5.74, 6) is -2.91. The van der Waals surface area contributed by atoms with Crippen molar-refractivity contribution in [2.24, 2.45) is 11.8 Å². The molecule has 14 nitrogen and oxygen atoms in total. The van der Waals surface area contributed by atoms with E-state index in [1.807, 2.05) is 19.1 Å². The number of rotatable bonds is 20. The van der Waals surface area contributed by atoms with Crippen molar-refractivity contribution in [1.29, 1.82) is 0 Å². The first kappa shape index (κ1) is 46.8. The Balaban J connectivity index is 1.92. The third-order valence-electron chi connectivity index (χ3n) is 10.5. The van der Waals surface area contributed by atoms with Crippen LogP contribution in [0.3, 0.4) is 0 Å². The third kappa shape index (κ3) is 12.7. The molecule has 3 rings (SSSR count). The summed E-state index contributed by atoms with van der Waals surface area (Å²) in [6.07, 6.45) is -0.295. The van der Waals surface area contributed by atoms with Crippen LogP contribution in [-0.2, 0) is 52.7 Å². The second-order valence-electron chi connectivity index (χ2n) is 15.2. The number of carbonyl (C=O) groups excluding carboxylic acids is 5. The molecule has 0 heterocycles. The van der Waals surface area contributed by atoms with Crippen molar-refractivity contribution in [3.63, 3.8) is 0 Å². The standard InChI is InChI=1S/C44H60N4O10/c1-11-28(4)39(58-44(55)36(46(5)6)25-31-16-22-34(56-9)23-17-31)40(51)45-38(27(2)3)42(53)47(7)35(24-29-12-18-32(49)19-13-29)41(52)48(8)37(43(54)57-10)26-30-14-20-33(50)21-15-30/h12-23,27-28,35-39,49-50H,11,24-26H2,1-10H3,(H,45,51)/p+1/t28-,35-,36+,37-,38-,39+/m0/s1. The number of phenols is 1. The van der Waals surface area contributed by atoms with Gasteiger partial charge in [0.15, 0.2) is 6.10 Å². The van der Waals surface area contributed by atoms with Crippen molar-refractivity contribution in [2.45, 2.75) is 83.6 Å². The summed E-state index contributed by atoms with van der Waals surface area (Å²) in [7, 11) is 9.25. The predicted molar refractivity (Wildman–Crippen MR) is 220 cm³/mol. The normalized spacial score (nSPS) is 14.3. The quantitative estimate of drug-likeness (QED) is 0.126. The van der Waals surface area contributed by atoms with Crippen LogP contribution < -0.4 is 10.1 Å². The van der Waals surface area contributed by atoms with E-state index in [1.54, 1.807) is 95.4 Å². The first-order valence-electron chi connectivity index (χ1n) is 19.4. The van der Waals surface area contributed by atoms with E-state index < -0.39 is 71.8 Å². The number of phenolic OH excluding ortho intramolecular Hbond substituents is 1. The molecule has 0 aliphatic heterocycles. The number of methoxy groups -OCH3 is 2. The molecule has 316 valence electrons. The Hall–Kier alpha value is -5.63. The van der Waals surface area contributed by atoms with Crippen molar-refractivity contribution in [2.75, 3.05) is 42.4 Å².